The lowest BCUT2D eigenvalue weighted by molar-refractivity contribution is 0.0948. The van der Waals surface area contributed by atoms with E-state index in [1.54, 1.807) is 24.5 Å². The molecular formula is C13H19N3O. The molecule has 2 N–H and O–H groups in total. The molecule has 1 rings (SSSR count). The van der Waals surface area contributed by atoms with Crippen LogP contribution >= 0.6 is 0 Å². The SMILES string of the molecule is C=CCNc1cncc(C(=O)NCC(C)C)c1. The van der Waals surface area contributed by atoms with Gasteiger partial charge in [-0.15, -0.1) is 6.58 Å². The minimum atomic E-state index is -0.0894. The zero-order valence-electron chi connectivity index (χ0n) is 10.4. The first-order chi connectivity index (χ1) is 8.13. The number of carbonyl (C=O) groups excluding carboxylic acids is 1. The maximum Gasteiger partial charge on any atom is 0.252 e. The normalized spacial score (nSPS) is 10.1. The van der Waals surface area contributed by atoms with Crippen LogP contribution in [-0.2, 0) is 0 Å². The van der Waals surface area contributed by atoms with E-state index in [2.05, 4.69) is 36.0 Å². The summed E-state index contributed by atoms with van der Waals surface area (Å²) < 4.78 is 0. The van der Waals surface area contributed by atoms with Crippen molar-refractivity contribution < 1.29 is 4.79 Å². The number of nitrogens with one attached hydrogen (secondary N) is 2. The number of pyridine rings is 1. The summed E-state index contributed by atoms with van der Waals surface area (Å²) in [7, 11) is 0. The Balaban J connectivity index is 2.63. The summed E-state index contributed by atoms with van der Waals surface area (Å²) in [6, 6.07) is 1.78. The number of anilines is 1. The molecule has 0 fully saturated rings. The number of nitrogens with zero attached hydrogens (tertiary/aromatic N) is 1. The van der Waals surface area contributed by atoms with Crippen LogP contribution in [0.3, 0.4) is 0 Å². The van der Waals surface area contributed by atoms with E-state index in [-0.39, 0.29) is 5.91 Å². The van der Waals surface area contributed by atoms with Gasteiger partial charge in [-0.3, -0.25) is 9.78 Å². The van der Waals surface area contributed by atoms with E-state index in [1.165, 1.54) is 0 Å². The average molecular weight is 233 g/mol. The molecule has 4 heteroatoms. The molecule has 0 aliphatic rings. The van der Waals surface area contributed by atoms with Crippen molar-refractivity contribution in [2.75, 3.05) is 18.4 Å². The van der Waals surface area contributed by atoms with Crippen LogP contribution in [0.2, 0.25) is 0 Å². The minimum absolute atomic E-state index is 0.0894. The third-order valence-corrected chi connectivity index (χ3v) is 2.12. The fourth-order valence-electron chi connectivity index (χ4n) is 1.25. The van der Waals surface area contributed by atoms with Crippen LogP contribution in [0.4, 0.5) is 5.69 Å². The fourth-order valence-corrected chi connectivity index (χ4v) is 1.25. The Morgan fingerprint density at radius 3 is 2.94 bits per heavy atom. The first kappa shape index (κ1) is 13.2. The number of hydrogen-bond acceptors (Lipinski definition) is 3. The van der Waals surface area contributed by atoms with Gasteiger partial charge >= 0.3 is 0 Å². The third kappa shape index (κ3) is 4.68. The molecule has 17 heavy (non-hydrogen) atoms. The van der Waals surface area contributed by atoms with Crippen molar-refractivity contribution in [1.29, 1.82) is 0 Å². The van der Waals surface area contributed by atoms with Gasteiger partial charge in [0, 0.05) is 25.5 Å². The summed E-state index contributed by atoms with van der Waals surface area (Å²) in [5, 5.41) is 5.95. The van der Waals surface area contributed by atoms with Crippen molar-refractivity contribution in [3.05, 3.63) is 36.7 Å². The molecule has 0 unspecified atom stereocenters. The molecule has 0 aromatic carbocycles. The molecule has 1 aromatic rings. The Labute approximate surface area is 102 Å². The predicted octanol–water partition coefficient (Wildman–Crippen LogP) is 2.07. The highest BCUT2D eigenvalue weighted by molar-refractivity contribution is 5.94. The molecule has 1 aromatic heterocycles. The molecule has 0 atom stereocenters. The molecule has 0 radical (unpaired) electrons. The van der Waals surface area contributed by atoms with E-state index >= 15 is 0 Å². The van der Waals surface area contributed by atoms with Crippen molar-refractivity contribution in [3.8, 4) is 0 Å². The van der Waals surface area contributed by atoms with Crippen LogP contribution < -0.4 is 10.6 Å². The highest BCUT2D eigenvalue weighted by Crippen LogP contribution is 2.08. The molecular weight excluding hydrogens is 214 g/mol. The zero-order chi connectivity index (χ0) is 12.7. The molecule has 1 amide bonds. The van der Waals surface area contributed by atoms with Gasteiger partial charge in [0.2, 0.25) is 0 Å². The molecule has 0 saturated carbocycles. The number of rotatable bonds is 6. The van der Waals surface area contributed by atoms with Crippen LogP contribution in [0.15, 0.2) is 31.1 Å². The molecule has 0 aliphatic carbocycles. The van der Waals surface area contributed by atoms with E-state index < -0.39 is 0 Å². The van der Waals surface area contributed by atoms with Crippen molar-refractivity contribution in [2.24, 2.45) is 5.92 Å². The largest absolute Gasteiger partial charge is 0.380 e. The monoisotopic (exact) mass is 233 g/mol. The minimum Gasteiger partial charge on any atom is -0.380 e. The predicted molar refractivity (Wildman–Crippen MR) is 70.1 cm³/mol. The van der Waals surface area contributed by atoms with Gasteiger partial charge in [0.1, 0.15) is 0 Å². The van der Waals surface area contributed by atoms with E-state index in [0.717, 1.165) is 5.69 Å². The van der Waals surface area contributed by atoms with Gasteiger partial charge in [-0.2, -0.15) is 0 Å². The van der Waals surface area contributed by atoms with E-state index in [4.69, 9.17) is 0 Å². The smallest absolute Gasteiger partial charge is 0.252 e. The number of aromatic nitrogens is 1. The van der Waals surface area contributed by atoms with Gasteiger partial charge in [0.25, 0.3) is 5.91 Å². The van der Waals surface area contributed by atoms with Crippen molar-refractivity contribution in [2.45, 2.75) is 13.8 Å². The Hall–Kier alpha value is -1.84. The van der Waals surface area contributed by atoms with Crippen molar-refractivity contribution in [1.82, 2.24) is 10.3 Å². The van der Waals surface area contributed by atoms with E-state index in [9.17, 15) is 4.79 Å². The summed E-state index contributed by atoms with van der Waals surface area (Å²) in [5.74, 6) is 0.349. The summed E-state index contributed by atoms with van der Waals surface area (Å²) in [5.41, 5.74) is 1.39. The van der Waals surface area contributed by atoms with Gasteiger partial charge in [0.15, 0.2) is 0 Å². The molecule has 0 aliphatic heterocycles. The Bertz CT molecular complexity index is 388. The molecule has 4 nitrogen and oxygen atoms in total. The fraction of sp³-hybridized carbons (Fsp3) is 0.385. The zero-order valence-corrected chi connectivity index (χ0v) is 10.4. The lowest BCUT2D eigenvalue weighted by Crippen LogP contribution is -2.27. The molecule has 0 saturated heterocycles. The summed E-state index contributed by atoms with van der Waals surface area (Å²) >= 11 is 0. The van der Waals surface area contributed by atoms with Gasteiger partial charge < -0.3 is 10.6 Å². The van der Waals surface area contributed by atoms with E-state index in [1.807, 2.05) is 0 Å². The van der Waals surface area contributed by atoms with Crippen molar-refractivity contribution in [3.63, 3.8) is 0 Å². The first-order valence-electron chi connectivity index (χ1n) is 5.71. The maximum absolute atomic E-state index is 11.8. The van der Waals surface area contributed by atoms with Gasteiger partial charge in [-0.1, -0.05) is 19.9 Å². The standard InChI is InChI=1S/C13H19N3O/c1-4-5-15-12-6-11(8-14-9-12)13(17)16-7-10(2)3/h4,6,8-10,15H,1,5,7H2,2-3H3,(H,16,17). The van der Waals surface area contributed by atoms with E-state index in [0.29, 0.717) is 24.6 Å². The molecule has 92 valence electrons. The molecule has 0 spiro atoms. The molecule has 0 bridgehead atoms. The van der Waals surface area contributed by atoms with Gasteiger partial charge in [-0.05, 0) is 12.0 Å². The quantitative estimate of drug-likeness (QED) is 0.739. The lowest BCUT2D eigenvalue weighted by atomic mass is 10.2. The van der Waals surface area contributed by atoms with Crippen LogP contribution in [-0.4, -0.2) is 24.0 Å². The number of hydrogen-bond donors (Lipinski definition) is 2. The summed E-state index contributed by atoms with van der Waals surface area (Å²) in [6.45, 7) is 9.05. The highest BCUT2D eigenvalue weighted by atomic mass is 16.1. The number of amides is 1. The Kier molecular flexibility index (Phi) is 5.20. The summed E-state index contributed by atoms with van der Waals surface area (Å²) in [6.07, 6.45) is 5.00. The van der Waals surface area contributed by atoms with Gasteiger partial charge in [0.05, 0.1) is 11.3 Å². The Morgan fingerprint density at radius 2 is 2.29 bits per heavy atom. The second kappa shape index (κ2) is 6.68. The second-order valence-corrected chi connectivity index (χ2v) is 4.24. The third-order valence-electron chi connectivity index (χ3n) is 2.12. The van der Waals surface area contributed by atoms with Crippen LogP contribution in [0, 0.1) is 5.92 Å². The van der Waals surface area contributed by atoms with Crippen LogP contribution in [0.1, 0.15) is 24.2 Å². The maximum atomic E-state index is 11.8. The van der Waals surface area contributed by atoms with Gasteiger partial charge in [-0.25, -0.2) is 0 Å². The lowest BCUT2D eigenvalue weighted by Gasteiger charge is -2.08. The van der Waals surface area contributed by atoms with Crippen LogP contribution in [0.25, 0.3) is 0 Å². The highest BCUT2D eigenvalue weighted by Gasteiger charge is 2.06. The average Bonchev–Trinajstić information content (AvgIpc) is 2.33. The summed E-state index contributed by atoms with van der Waals surface area (Å²) in [4.78, 5) is 15.8. The molecule has 1 heterocycles. The topological polar surface area (TPSA) is 54.0 Å². The first-order valence-corrected chi connectivity index (χ1v) is 5.71. The Morgan fingerprint density at radius 1 is 1.53 bits per heavy atom. The second-order valence-electron chi connectivity index (χ2n) is 4.24. The van der Waals surface area contributed by atoms with Crippen molar-refractivity contribution >= 4 is 11.6 Å². The van der Waals surface area contributed by atoms with Crippen LogP contribution in [0.5, 0.6) is 0 Å². The number of carbonyl (C=O) groups is 1.